The van der Waals surface area contributed by atoms with Crippen LogP contribution in [0.3, 0.4) is 0 Å². The van der Waals surface area contributed by atoms with Crippen molar-refractivity contribution >= 4 is 5.91 Å². The second kappa shape index (κ2) is 8.57. The normalized spacial score (nSPS) is 14.5. The highest BCUT2D eigenvalue weighted by molar-refractivity contribution is 5.84. The molecule has 16 heavy (non-hydrogen) atoms. The molecule has 1 unspecified atom stereocenters. The van der Waals surface area contributed by atoms with E-state index in [1.165, 1.54) is 0 Å². The zero-order valence-corrected chi connectivity index (χ0v) is 11.3. The first kappa shape index (κ1) is 15.4. The van der Waals surface area contributed by atoms with E-state index in [0.717, 1.165) is 32.2 Å². The molecule has 1 N–H and O–H groups in total. The Morgan fingerprint density at radius 3 is 2.31 bits per heavy atom. The Hall–Kier alpha value is -0.570. The minimum Gasteiger partial charge on any atom is -0.365 e. The molecule has 3 heteroatoms. The largest absolute Gasteiger partial charge is 0.365 e. The smallest absolute Gasteiger partial charge is 0.251 e. The second-order valence-corrected chi connectivity index (χ2v) is 4.40. The highest BCUT2D eigenvalue weighted by atomic mass is 16.5. The molecule has 0 saturated carbocycles. The first-order valence-corrected chi connectivity index (χ1v) is 6.53. The highest BCUT2D eigenvalue weighted by Gasteiger charge is 2.31. The van der Waals surface area contributed by atoms with Crippen molar-refractivity contribution in [2.45, 2.75) is 65.4 Å². The maximum Gasteiger partial charge on any atom is 0.251 e. The number of ether oxygens (including phenoxy) is 1. The molecule has 0 fully saturated rings. The van der Waals surface area contributed by atoms with E-state index in [2.05, 4.69) is 19.2 Å². The Morgan fingerprint density at radius 1 is 1.19 bits per heavy atom. The molecular formula is C13H27NO2. The summed E-state index contributed by atoms with van der Waals surface area (Å²) >= 11 is 0. The lowest BCUT2D eigenvalue weighted by atomic mass is 10.0. The third kappa shape index (κ3) is 5.50. The van der Waals surface area contributed by atoms with Crippen molar-refractivity contribution in [1.29, 1.82) is 0 Å². The SMILES string of the molecule is CCCCNC(=O)C(C)(CC)OCCCC. The van der Waals surface area contributed by atoms with Gasteiger partial charge in [-0.3, -0.25) is 4.79 Å². The van der Waals surface area contributed by atoms with Crippen LogP contribution < -0.4 is 5.32 Å². The van der Waals surface area contributed by atoms with Crippen LogP contribution >= 0.6 is 0 Å². The molecular weight excluding hydrogens is 202 g/mol. The van der Waals surface area contributed by atoms with Gasteiger partial charge >= 0.3 is 0 Å². The van der Waals surface area contributed by atoms with Crippen molar-refractivity contribution in [2.75, 3.05) is 13.2 Å². The van der Waals surface area contributed by atoms with Gasteiger partial charge in [0, 0.05) is 13.2 Å². The van der Waals surface area contributed by atoms with E-state index in [4.69, 9.17) is 4.74 Å². The van der Waals surface area contributed by atoms with Crippen molar-refractivity contribution in [2.24, 2.45) is 0 Å². The van der Waals surface area contributed by atoms with Crippen LogP contribution in [0.2, 0.25) is 0 Å². The molecule has 96 valence electrons. The molecule has 1 amide bonds. The minimum atomic E-state index is -0.650. The first-order valence-electron chi connectivity index (χ1n) is 6.53. The number of unbranched alkanes of at least 4 members (excludes halogenated alkanes) is 2. The number of hydrogen-bond donors (Lipinski definition) is 1. The first-order chi connectivity index (χ1) is 7.60. The predicted octanol–water partition coefficient (Wildman–Crippen LogP) is 2.89. The van der Waals surface area contributed by atoms with Crippen LogP contribution in [0.1, 0.15) is 59.8 Å². The number of hydrogen-bond acceptors (Lipinski definition) is 2. The average Bonchev–Trinajstić information content (AvgIpc) is 2.29. The topological polar surface area (TPSA) is 38.3 Å². The molecule has 0 bridgehead atoms. The average molecular weight is 229 g/mol. The molecule has 0 radical (unpaired) electrons. The van der Waals surface area contributed by atoms with Crippen molar-refractivity contribution in [3.63, 3.8) is 0 Å². The van der Waals surface area contributed by atoms with Crippen LogP contribution in [-0.4, -0.2) is 24.7 Å². The van der Waals surface area contributed by atoms with E-state index in [1.54, 1.807) is 0 Å². The summed E-state index contributed by atoms with van der Waals surface area (Å²) in [6.45, 7) is 9.52. The summed E-state index contributed by atoms with van der Waals surface area (Å²) in [6, 6.07) is 0. The van der Waals surface area contributed by atoms with E-state index >= 15 is 0 Å². The molecule has 0 aromatic carbocycles. The molecule has 0 spiro atoms. The van der Waals surface area contributed by atoms with E-state index in [9.17, 15) is 4.79 Å². The lowest BCUT2D eigenvalue weighted by Gasteiger charge is -2.27. The van der Waals surface area contributed by atoms with Gasteiger partial charge in [0.05, 0.1) is 0 Å². The van der Waals surface area contributed by atoms with Crippen LogP contribution in [0.15, 0.2) is 0 Å². The van der Waals surface area contributed by atoms with Gasteiger partial charge in [0.25, 0.3) is 5.91 Å². The molecule has 0 rings (SSSR count). The molecule has 0 aliphatic heterocycles. The fourth-order valence-corrected chi connectivity index (χ4v) is 1.34. The van der Waals surface area contributed by atoms with Crippen molar-refractivity contribution in [1.82, 2.24) is 5.32 Å². The Bertz CT molecular complexity index is 194. The second-order valence-electron chi connectivity index (χ2n) is 4.40. The van der Waals surface area contributed by atoms with Crippen LogP contribution in [0.4, 0.5) is 0 Å². The minimum absolute atomic E-state index is 0.0274. The molecule has 0 aromatic heterocycles. The van der Waals surface area contributed by atoms with Crippen LogP contribution in [0.5, 0.6) is 0 Å². The van der Waals surface area contributed by atoms with Gasteiger partial charge in [-0.25, -0.2) is 0 Å². The van der Waals surface area contributed by atoms with Crippen molar-refractivity contribution in [3.8, 4) is 0 Å². The standard InChI is InChI=1S/C13H27NO2/c1-5-8-10-14-12(15)13(4,7-3)16-11-9-6-2/h5-11H2,1-4H3,(H,14,15). The van der Waals surface area contributed by atoms with E-state index in [-0.39, 0.29) is 5.91 Å². The van der Waals surface area contributed by atoms with Crippen LogP contribution in [0, 0.1) is 0 Å². The van der Waals surface area contributed by atoms with E-state index < -0.39 is 5.60 Å². The summed E-state index contributed by atoms with van der Waals surface area (Å²) in [5, 5.41) is 2.94. The molecule has 0 aliphatic rings. The zero-order chi connectivity index (χ0) is 12.4. The molecule has 0 aliphatic carbocycles. The maximum absolute atomic E-state index is 11.9. The molecule has 0 aromatic rings. The number of nitrogens with one attached hydrogen (secondary N) is 1. The number of amides is 1. The highest BCUT2D eigenvalue weighted by Crippen LogP contribution is 2.16. The number of carbonyl (C=O) groups excluding carboxylic acids is 1. The summed E-state index contributed by atoms with van der Waals surface area (Å²) < 4.78 is 5.70. The Labute approximate surface area is 99.9 Å². The monoisotopic (exact) mass is 229 g/mol. The van der Waals surface area contributed by atoms with Crippen molar-refractivity contribution < 1.29 is 9.53 Å². The summed E-state index contributed by atoms with van der Waals surface area (Å²) in [4.78, 5) is 11.9. The fourth-order valence-electron chi connectivity index (χ4n) is 1.34. The van der Waals surface area contributed by atoms with Gasteiger partial charge in [-0.05, 0) is 26.2 Å². The maximum atomic E-state index is 11.9. The molecule has 0 heterocycles. The summed E-state index contributed by atoms with van der Waals surface area (Å²) in [7, 11) is 0. The summed E-state index contributed by atoms with van der Waals surface area (Å²) in [5.74, 6) is 0.0274. The lowest BCUT2D eigenvalue weighted by Crippen LogP contribution is -2.46. The summed E-state index contributed by atoms with van der Waals surface area (Å²) in [6.07, 6.45) is 4.95. The van der Waals surface area contributed by atoms with E-state index in [1.807, 2.05) is 13.8 Å². The van der Waals surface area contributed by atoms with Gasteiger partial charge in [0.2, 0.25) is 0 Å². The third-order valence-electron chi connectivity index (χ3n) is 2.89. The molecule has 1 atom stereocenters. The van der Waals surface area contributed by atoms with E-state index in [0.29, 0.717) is 13.0 Å². The fraction of sp³-hybridized carbons (Fsp3) is 0.923. The van der Waals surface area contributed by atoms with Crippen LogP contribution in [-0.2, 0) is 9.53 Å². The number of rotatable bonds is 9. The Kier molecular flexibility index (Phi) is 8.26. The van der Waals surface area contributed by atoms with Gasteiger partial charge in [0.15, 0.2) is 0 Å². The van der Waals surface area contributed by atoms with Crippen LogP contribution in [0.25, 0.3) is 0 Å². The van der Waals surface area contributed by atoms with Gasteiger partial charge in [-0.2, -0.15) is 0 Å². The van der Waals surface area contributed by atoms with Gasteiger partial charge < -0.3 is 10.1 Å². The van der Waals surface area contributed by atoms with Gasteiger partial charge in [-0.1, -0.05) is 33.6 Å². The van der Waals surface area contributed by atoms with Gasteiger partial charge in [-0.15, -0.1) is 0 Å². The third-order valence-corrected chi connectivity index (χ3v) is 2.89. The Morgan fingerprint density at radius 2 is 1.81 bits per heavy atom. The van der Waals surface area contributed by atoms with Crippen molar-refractivity contribution in [3.05, 3.63) is 0 Å². The molecule has 0 saturated heterocycles. The Balaban J connectivity index is 4.04. The lowest BCUT2D eigenvalue weighted by molar-refractivity contribution is -0.145. The zero-order valence-electron chi connectivity index (χ0n) is 11.3. The number of carbonyl (C=O) groups is 1. The quantitative estimate of drug-likeness (QED) is 0.617. The predicted molar refractivity (Wildman–Crippen MR) is 67.5 cm³/mol. The van der Waals surface area contributed by atoms with Gasteiger partial charge in [0.1, 0.15) is 5.60 Å². The summed E-state index contributed by atoms with van der Waals surface area (Å²) in [5.41, 5.74) is -0.650. The molecule has 3 nitrogen and oxygen atoms in total.